The molecule has 8 atom stereocenters. The molecule has 0 unspecified atom stereocenters. The lowest BCUT2D eigenvalue weighted by molar-refractivity contribution is -0.160. The monoisotopic (exact) mass is 471 g/mol. The van der Waals surface area contributed by atoms with E-state index in [4.69, 9.17) is 0 Å². The average molecular weight is 472 g/mol. The second kappa shape index (κ2) is 8.07. The molecule has 0 aromatic carbocycles. The highest BCUT2D eigenvalue weighted by Crippen LogP contribution is 2.65. The summed E-state index contributed by atoms with van der Waals surface area (Å²) in [7, 11) is 0. The summed E-state index contributed by atoms with van der Waals surface area (Å²) >= 11 is 0. The van der Waals surface area contributed by atoms with Crippen LogP contribution in [0.3, 0.4) is 0 Å². The maximum absolute atomic E-state index is 13.5. The molecule has 4 saturated carbocycles. The van der Waals surface area contributed by atoms with Gasteiger partial charge in [-0.25, -0.2) is 8.78 Å². The van der Waals surface area contributed by atoms with E-state index in [2.05, 4.69) is 17.0 Å². The minimum atomic E-state index is -2.65. The van der Waals surface area contributed by atoms with Crippen molar-refractivity contribution < 1.29 is 18.7 Å². The predicted molar refractivity (Wildman–Crippen MR) is 124 cm³/mol. The molecular formula is C27H35F2N3O2. The molecule has 0 amide bonds. The molecule has 5 nitrogen and oxygen atoms in total. The molecule has 1 N–H and O–H groups in total. The molecule has 34 heavy (non-hydrogen) atoms. The Labute approximate surface area is 199 Å². The molecule has 7 heteroatoms. The first-order valence-electron chi connectivity index (χ1n) is 13.1. The van der Waals surface area contributed by atoms with Crippen LogP contribution in [0.1, 0.15) is 64.7 Å². The van der Waals surface area contributed by atoms with E-state index in [1.54, 1.807) is 10.9 Å². The van der Waals surface area contributed by atoms with Crippen LogP contribution in [-0.4, -0.2) is 37.7 Å². The summed E-state index contributed by atoms with van der Waals surface area (Å²) in [5.74, 6) is 2.72. The second-order valence-corrected chi connectivity index (χ2v) is 12.0. The number of aliphatic hydroxyl groups is 1. The molecular weight excluding hydrogens is 436 g/mol. The number of carbonyl (C=O) groups is 1. The largest absolute Gasteiger partial charge is 0.384 e. The van der Waals surface area contributed by atoms with Crippen molar-refractivity contribution >= 4 is 16.8 Å². The van der Waals surface area contributed by atoms with Crippen molar-refractivity contribution in [1.82, 2.24) is 14.8 Å². The third-order valence-corrected chi connectivity index (χ3v) is 10.5. The van der Waals surface area contributed by atoms with Gasteiger partial charge >= 0.3 is 0 Å². The summed E-state index contributed by atoms with van der Waals surface area (Å²) in [6.45, 7) is 2.64. The van der Waals surface area contributed by atoms with E-state index in [0.717, 1.165) is 56.0 Å². The molecule has 6 rings (SSSR count). The minimum absolute atomic E-state index is 0.0221. The number of rotatable bonds is 4. The minimum Gasteiger partial charge on any atom is -0.384 e. The van der Waals surface area contributed by atoms with Crippen LogP contribution in [0.25, 0.3) is 11.0 Å². The molecule has 4 fully saturated rings. The van der Waals surface area contributed by atoms with Crippen molar-refractivity contribution in [1.29, 1.82) is 0 Å². The fourth-order valence-electron chi connectivity index (χ4n) is 8.89. The van der Waals surface area contributed by atoms with Crippen molar-refractivity contribution in [3.05, 3.63) is 24.5 Å². The van der Waals surface area contributed by atoms with E-state index in [-0.39, 0.29) is 35.9 Å². The standard InChI is InChI=1S/C27H35F2N3O2/c1-26-10-8-18-17-9-11-27(34,25(28)29)13-16(17)4-5-19(18)20(26)6-7-21(26)24(33)15-32-14-23-22(31-32)3-2-12-30-23/h2-3,12,14,16-21,25,34H,4-11,13,15H2,1H3/t16-,17+,18-,19-,20+,21-,26+,27-/m1/s1. The Morgan fingerprint density at radius 3 is 2.74 bits per heavy atom. The van der Waals surface area contributed by atoms with Crippen molar-refractivity contribution in [2.75, 3.05) is 0 Å². The van der Waals surface area contributed by atoms with Gasteiger partial charge in [0.25, 0.3) is 6.43 Å². The third-order valence-electron chi connectivity index (χ3n) is 10.5. The van der Waals surface area contributed by atoms with Gasteiger partial charge in [-0.3, -0.25) is 14.5 Å². The molecule has 4 aliphatic rings. The lowest BCUT2D eigenvalue weighted by atomic mass is 9.49. The number of hydrogen-bond donors (Lipinski definition) is 1. The smallest absolute Gasteiger partial charge is 0.266 e. The maximum atomic E-state index is 13.5. The molecule has 4 aliphatic carbocycles. The van der Waals surface area contributed by atoms with Gasteiger partial charge in [-0.15, -0.1) is 0 Å². The first-order chi connectivity index (χ1) is 16.3. The molecule has 0 saturated heterocycles. The molecule has 0 spiro atoms. The van der Waals surface area contributed by atoms with Crippen LogP contribution in [0, 0.1) is 40.9 Å². The summed E-state index contributed by atoms with van der Waals surface area (Å²) in [4.78, 5) is 17.8. The maximum Gasteiger partial charge on any atom is 0.266 e. The van der Waals surface area contributed by atoms with Crippen LogP contribution >= 0.6 is 0 Å². The lowest BCUT2D eigenvalue weighted by Gasteiger charge is -2.57. The van der Waals surface area contributed by atoms with E-state index in [0.29, 0.717) is 30.2 Å². The first-order valence-corrected chi connectivity index (χ1v) is 13.1. The first kappa shape index (κ1) is 22.6. The van der Waals surface area contributed by atoms with E-state index < -0.39 is 12.0 Å². The Bertz CT molecular complexity index is 1060. The number of Topliss-reactive ketones (excluding diaryl/α,β-unsaturated/α-hetero) is 1. The highest BCUT2D eigenvalue weighted by molar-refractivity contribution is 5.82. The topological polar surface area (TPSA) is 68.0 Å². The highest BCUT2D eigenvalue weighted by atomic mass is 19.3. The number of alkyl halides is 2. The summed E-state index contributed by atoms with van der Waals surface area (Å²) in [6.07, 6.45) is 8.34. The summed E-state index contributed by atoms with van der Waals surface area (Å²) in [5, 5.41) is 15.0. The third kappa shape index (κ3) is 3.44. The average Bonchev–Trinajstić information content (AvgIpc) is 3.38. The van der Waals surface area contributed by atoms with Crippen LogP contribution in [0.5, 0.6) is 0 Å². The van der Waals surface area contributed by atoms with Crippen LogP contribution in [-0.2, 0) is 11.3 Å². The highest BCUT2D eigenvalue weighted by Gasteiger charge is 2.59. The molecule has 184 valence electrons. The zero-order valence-electron chi connectivity index (χ0n) is 19.9. The van der Waals surface area contributed by atoms with Gasteiger partial charge in [-0.05, 0) is 105 Å². The molecule has 2 heterocycles. The van der Waals surface area contributed by atoms with Crippen LogP contribution < -0.4 is 0 Å². The Morgan fingerprint density at radius 1 is 1.12 bits per heavy atom. The Kier molecular flexibility index (Phi) is 5.36. The number of nitrogens with zero attached hydrogens (tertiary/aromatic N) is 3. The number of pyridine rings is 1. The quantitative estimate of drug-likeness (QED) is 0.660. The van der Waals surface area contributed by atoms with Crippen LogP contribution in [0.2, 0.25) is 0 Å². The molecule has 0 radical (unpaired) electrons. The van der Waals surface area contributed by atoms with Gasteiger partial charge < -0.3 is 5.11 Å². The van der Waals surface area contributed by atoms with Crippen molar-refractivity contribution in [2.24, 2.45) is 40.9 Å². The van der Waals surface area contributed by atoms with Gasteiger partial charge in [0.05, 0.1) is 12.7 Å². The number of fused-ring (bicyclic) bond motifs is 6. The van der Waals surface area contributed by atoms with Gasteiger partial charge in [-0.2, -0.15) is 5.10 Å². The van der Waals surface area contributed by atoms with Gasteiger partial charge in [0.1, 0.15) is 16.6 Å². The van der Waals surface area contributed by atoms with Crippen LogP contribution in [0.15, 0.2) is 24.5 Å². The van der Waals surface area contributed by atoms with Gasteiger partial charge in [0, 0.05) is 12.1 Å². The van der Waals surface area contributed by atoms with E-state index >= 15 is 0 Å². The summed E-state index contributed by atoms with van der Waals surface area (Å²) < 4.78 is 28.7. The van der Waals surface area contributed by atoms with E-state index in [1.807, 2.05) is 18.3 Å². The number of aromatic nitrogens is 3. The van der Waals surface area contributed by atoms with Gasteiger partial charge in [0.2, 0.25) is 0 Å². The number of carbonyl (C=O) groups excluding carboxylic acids is 1. The fraction of sp³-hybridized carbons (Fsp3) is 0.741. The molecule has 0 bridgehead atoms. The van der Waals surface area contributed by atoms with E-state index in [1.165, 1.54) is 0 Å². The molecule has 2 aromatic heterocycles. The van der Waals surface area contributed by atoms with Crippen LogP contribution in [0.4, 0.5) is 8.78 Å². The predicted octanol–water partition coefficient (Wildman–Crippen LogP) is 5.27. The zero-order valence-corrected chi connectivity index (χ0v) is 19.9. The number of hydrogen-bond acceptors (Lipinski definition) is 4. The van der Waals surface area contributed by atoms with Crippen molar-refractivity contribution in [2.45, 2.75) is 83.3 Å². The van der Waals surface area contributed by atoms with Gasteiger partial charge in [0.15, 0.2) is 5.78 Å². The second-order valence-electron chi connectivity index (χ2n) is 12.0. The Hall–Kier alpha value is -1.89. The Balaban J connectivity index is 1.17. The SMILES string of the molecule is C[C@]12CC[C@H]3[C@@H](CC[C@@H]4C[C@@](O)(C(F)F)CC[C@@H]43)[C@@H]1CC[C@@H]2C(=O)Cn1cc2ncccc2n1. The number of halogens is 2. The lowest BCUT2D eigenvalue weighted by Crippen LogP contribution is -2.53. The van der Waals surface area contributed by atoms with Crippen molar-refractivity contribution in [3.8, 4) is 0 Å². The number of ketones is 1. The normalized spacial score (nSPS) is 41.8. The molecule has 0 aliphatic heterocycles. The van der Waals surface area contributed by atoms with Crippen molar-refractivity contribution in [3.63, 3.8) is 0 Å². The molecule has 2 aromatic rings. The zero-order chi connectivity index (χ0) is 23.7. The van der Waals surface area contributed by atoms with E-state index in [9.17, 15) is 18.7 Å². The fourth-order valence-corrected chi connectivity index (χ4v) is 8.89. The Morgan fingerprint density at radius 2 is 1.94 bits per heavy atom. The summed E-state index contributed by atoms with van der Waals surface area (Å²) in [5.41, 5.74) is -0.132. The van der Waals surface area contributed by atoms with Gasteiger partial charge in [-0.1, -0.05) is 6.92 Å². The summed E-state index contributed by atoms with van der Waals surface area (Å²) in [6, 6.07) is 3.78.